The number of nitrogens with one attached hydrogen (secondary N) is 4. The Bertz CT molecular complexity index is 1980. The maximum absolute atomic E-state index is 12.3. The Labute approximate surface area is 353 Å². The van der Waals surface area contributed by atoms with Crippen molar-refractivity contribution in [1.29, 1.82) is 0 Å². The number of alkyl carbamates (subject to hydrolysis) is 2. The summed E-state index contributed by atoms with van der Waals surface area (Å²) in [4.78, 5) is 58.2. The van der Waals surface area contributed by atoms with Crippen LogP contribution in [0.2, 0.25) is 0 Å². The molecule has 3 rings (SSSR count). The third-order valence-electron chi connectivity index (χ3n) is 8.51. The number of aliphatic carboxylic acids is 1. The first kappa shape index (κ1) is 55.8. The van der Waals surface area contributed by atoms with E-state index in [2.05, 4.69) is 35.5 Å². The van der Waals surface area contributed by atoms with E-state index in [1.54, 1.807) is 47.6 Å². The lowest BCUT2D eigenvalue weighted by atomic mass is 10.2. The van der Waals surface area contributed by atoms with Gasteiger partial charge < -0.3 is 30.9 Å². The molecule has 26 heteroatoms. The number of carboxylic acids is 1. The van der Waals surface area contributed by atoms with E-state index in [0.717, 1.165) is 12.9 Å². The summed E-state index contributed by atoms with van der Waals surface area (Å²) in [5.74, 6) is -3.26. The first-order chi connectivity index (χ1) is 26.7. The molecule has 0 aromatic heterocycles. The molecule has 0 aromatic rings. The second kappa shape index (κ2) is 20.1. The number of ether oxygens (including phenoxy) is 2. The fourth-order valence-corrected chi connectivity index (χ4v) is 5.69. The molecule has 0 radical (unpaired) electrons. The zero-order chi connectivity index (χ0) is 47.8. The summed E-state index contributed by atoms with van der Waals surface area (Å²) in [7, 11) is -3.11. The highest BCUT2D eigenvalue weighted by atomic mass is 32.2. The largest absolute Gasteiger partial charge is 0.479 e. The standard InChI is InChI=1S/C13H23N3O5S.C11H17NO4.C8H15N3O3S.C2H8N2O2S/c1-7-9-8-13(9,14-11(18)21-12(2,3)4)10(17)15-22(19,20)16(5)6;1-5-7-6-11(7,8(13)14)12-9(15)16-10(2,3)4;1-4-6-5-8(6,9)7(12)10-15(13,14)11(2)3;1-4(2)7(3,5)6/h7,9H,1,8H2,2-6H3,(H,14,18)(H,15,17);5,7H,1,6H2,2-4H3,(H,12,15)(H,13,14);4,6H,1,5,9H2,2-3H3,(H,10,12);1-2H3,(H2,3,5,6)/t9-,13-;7-,11-;6-,8-;/m111./s1. The molecular formula is C34H63N9O14S3. The molecule has 3 saturated carbocycles. The van der Waals surface area contributed by atoms with Crippen molar-refractivity contribution >= 4 is 60.6 Å². The van der Waals surface area contributed by atoms with Crippen molar-refractivity contribution in [3.05, 3.63) is 38.0 Å². The molecule has 0 spiro atoms. The third-order valence-corrected chi connectivity index (χ3v) is 12.3. The molecule has 4 amide bonds. The highest BCUT2D eigenvalue weighted by Gasteiger charge is 2.62. The van der Waals surface area contributed by atoms with E-state index >= 15 is 0 Å². The zero-order valence-corrected chi connectivity index (χ0v) is 38.6. The van der Waals surface area contributed by atoms with Gasteiger partial charge in [-0.05, 0) is 60.8 Å². The summed E-state index contributed by atoms with van der Waals surface area (Å²) in [6, 6.07) is 0. The number of hydrogen-bond acceptors (Lipinski definition) is 14. The van der Waals surface area contributed by atoms with Crippen LogP contribution < -0.4 is 31.0 Å². The number of amides is 4. The number of nitrogens with zero attached hydrogens (tertiary/aromatic N) is 3. The van der Waals surface area contributed by atoms with Crippen LogP contribution in [0.25, 0.3) is 0 Å². The second-order valence-electron chi connectivity index (χ2n) is 16.4. The molecule has 346 valence electrons. The third kappa shape index (κ3) is 16.7. The molecule has 9 N–H and O–H groups in total. The van der Waals surface area contributed by atoms with E-state index in [1.807, 2.05) is 9.44 Å². The van der Waals surface area contributed by atoms with E-state index in [9.17, 15) is 49.2 Å². The minimum Gasteiger partial charge on any atom is -0.479 e. The maximum Gasteiger partial charge on any atom is 0.408 e. The quantitative estimate of drug-likeness (QED) is 0.114. The highest BCUT2D eigenvalue weighted by Crippen LogP contribution is 2.46. The Balaban J connectivity index is 0.000000820. The van der Waals surface area contributed by atoms with Gasteiger partial charge in [-0.3, -0.25) is 9.59 Å². The lowest BCUT2D eigenvalue weighted by Crippen LogP contribution is -2.54. The van der Waals surface area contributed by atoms with Gasteiger partial charge in [0.05, 0.1) is 0 Å². The summed E-state index contributed by atoms with van der Waals surface area (Å²) in [5, 5.41) is 18.5. The van der Waals surface area contributed by atoms with Gasteiger partial charge in [-0.1, -0.05) is 18.2 Å². The van der Waals surface area contributed by atoms with Crippen molar-refractivity contribution in [3.63, 3.8) is 0 Å². The predicted octanol–water partition coefficient (Wildman–Crippen LogP) is -0.517. The van der Waals surface area contributed by atoms with Gasteiger partial charge in [0.15, 0.2) is 0 Å². The number of carbonyl (C=O) groups excluding carboxylic acids is 4. The van der Waals surface area contributed by atoms with Gasteiger partial charge in [-0.2, -0.15) is 38.2 Å². The molecule has 3 fully saturated rings. The molecule has 3 aliphatic rings. The molecule has 0 aliphatic heterocycles. The van der Waals surface area contributed by atoms with E-state index in [1.165, 1.54) is 54.4 Å². The summed E-state index contributed by atoms with van der Waals surface area (Å²) in [5.41, 5.74) is 0.659. The molecule has 0 aromatic carbocycles. The Morgan fingerprint density at radius 1 is 0.633 bits per heavy atom. The SMILES string of the molecule is C=C[C@@H]1C[C@]1(N)C(=O)NS(=O)(=O)N(C)C.C=C[C@@H]1C[C@]1(NC(=O)OC(C)(C)C)C(=O)NS(=O)(=O)N(C)C.C=C[C@@H]1C[C@]1(NC(=O)OC(C)(C)C)C(=O)O.CN(C)S(N)(=O)=O. The Kier molecular flexibility index (Phi) is 18.7. The van der Waals surface area contributed by atoms with Gasteiger partial charge in [0.25, 0.3) is 22.0 Å². The Morgan fingerprint density at radius 3 is 1.20 bits per heavy atom. The molecule has 3 aliphatic carbocycles. The molecule has 60 heavy (non-hydrogen) atoms. The van der Waals surface area contributed by atoms with Crippen LogP contribution in [0, 0.1) is 17.8 Å². The second-order valence-corrected chi connectivity index (χ2v) is 22.0. The van der Waals surface area contributed by atoms with Gasteiger partial charge in [0.1, 0.15) is 27.8 Å². The summed E-state index contributed by atoms with van der Waals surface area (Å²) < 4.78 is 82.9. The number of carboxylic acid groups (broad SMARTS) is 1. The van der Waals surface area contributed by atoms with E-state index < -0.39 is 88.4 Å². The van der Waals surface area contributed by atoms with Crippen molar-refractivity contribution in [1.82, 2.24) is 33.0 Å². The number of nitrogens with two attached hydrogens (primary N) is 2. The average Bonchev–Trinajstić information content (AvgIpc) is 3.99. The van der Waals surface area contributed by atoms with Crippen molar-refractivity contribution in [2.24, 2.45) is 28.6 Å². The smallest absolute Gasteiger partial charge is 0.408 e. The number of hydrogen-bond donors (Lipinski definition) is 7. The van der Waals surface area contributed by atoms with Crippen LogP contribution in [0.5, 0.6) is 0 Å². The van der Waals surface area contributed by atoms with Crippen molar-refractivity contribution in [2.75, 3.05) is 42.3 Å². The monoisotopic (exact) mass is 917 g/mol. The van der Waals surface area contributed by atoms with Gasteiger partial charge in [-0.15, -0.1) is 19.7 Å². The Morgan fingerprint density at radius 2 is 0.950 bits per heavy atom. The average molecular weight is 918 g/mol. The molecule has 0 unspecified atom stereocenters. The van der Waals surface area contributed by atoms with Crippen LogP contribution in [0.3, 0.4) is 0 Å². The van der Waals surface area contributed by atoms with Gasteiger partial charge in [0.2, 0.25) is 0 Å². The van der Waals surface area contributed by atoms with Crippen LogP contribution in [-0.2, 0) is 54.5 Å². The molecule has 6 atom stereocenters. The molecule has 0 bridgehead atoms. The van der Waals surface area contributed by atoms with Gasteiger partial charge >= 0.3 is 38.6 Å². The van der Waals surface area contributed by atoms with Crippen LogP contribution in [0.15, 0.2) is 38.0 Å². The lowest BCUT2D eigenvalue weighted by molar-refractivity contribution is -0.141. The van der Waals surface area contributed by atoms with Crippen LogP contribution in [0.4, 0.5) is 9.59 Å². The van der Waals surface area contributed by atoms with Crippen LogP contribution in [-0.4, -0.2) is 143 Å². The Hall–Kier alpha value is -4.18. The van der Waals surface area contributed by atoms with Crippen LogP contribution in [0.1, 0.15) is 60.8 Å². The zero-order valence-electron chi connectivity index (χ0n) is 36.2. The van der Waals surface area contributed by atoms with Gasteiger partial charge in [0, 0.05) is 60.0 Å². The van der Waals surface area contributed by atoms with E-state index in [-0.39, 0.29) is 24.2 Å². The fraction of sp³-hybridized carbons (Fsp3) is 0.676. The van der Waals surface area contributed by atoms with Gasteiger partial charge in [-0.25, -0.2) is 29.0 Å². The highest BCUT2D eigenvalue weighted by molar-refractivity contribution is 7.88. The molecule has 23 nitrogen and oxygen atoms in total. The van der Waals surface area contributed by atoms with Crippen molar-refractivity contribution in [3.8, 4) is 0 Å². The number of rotatable bonds is 13. The fourth-order valence-electron chi connectivity index (χ4n) is 4.48. The first-order valence-electron chi connectivity index (χ1n) is 17.9. The summed E-state index contributed by atoms with van der Waals surface area (Å²) in [6.07, 6.45) is 4.17. The minimum atomic E-state index is -3.94. The molecule has 0 heterocycles. The van der Waals surface area contributed by atoms with Crippen LogP contribution >= 0.6 is 0 Å². The van der Waals surface area contributed by atoms with Crippen molar-refractivity contribution in [2.45, 2.75) is 88.6 Å². The molecule has 0 saturated heterocycles. The summed E-state index contributed by atoms with van der Waals surface area (Å²) in [6.45, 7) is 20.8. The van der Waals surface area contributed by atoms with Crippen molar-refractivity contribution < 1.29 is 63.8 Å². The maximum atomic E-state index is 12.3. The van der Waals surface area contributed by atoms with E-state index in [0.29, 0.717) is 12.8 Å². The lowest BCUT2D eigenvalue weighted by Gasteiger charge is -2.24. The topological polar surface area (TPSA) is 336 Å². The minimum absolute atomic E-state index is 0.144. The predicted molar refractivity (Wildman–Crippen MR) is 222 cm³/mol. The normalized spacial score (nSPS) is 25.4. The van der Waals surface area contributed by atoms with E-state index in [4.69, 9.17) is 20.3 Å². The summed E-state index contributed by atoms with van der Waals surface area (Å²) >= 11 is 0. The number of carbonyl (C=O) groups is 5. The molecular weight excluding hydrogens is 855 g/mol. The first-order valence-corrected chi connectivity index (χ1v) is 22.2.